The third-order valence-corrected chi connectivity index (χ3v) is 4.08. The van der Waals surface area contributed by atoms with Crippen molar-refractivity contribution in [2.24, 2.45) is 0 Å². The lowest BCUT2D eigenvalue weighted by Gasteiger charge is -2.33. The normalized spacial score (nSPS) is 14.9. The third kappa shape index (κ3) is 4.36. The second-order valence-corrected chi connectivity index (χ2v) is 5.83. The fourth-order valence-electron chi connectivity index (χ4n) is 2.64. The zero-order valence-corrected chi connectivity index (χ0v) is 14.4. The van der Waals surface area contributed by atoms with Gasteiger partial charge in [-0.15, -0.1) is 0 Å². The first-order chi connectivity index (χ1) is 12.2. The van der Waals surface area contributed by atoms with E-state index >= 15 is 0 Å². The van der Waals surface area contributed by atoms with Crippen LogP contribution in [0.25, 0.3) is 0 Å². The Morgan fingerprint density at radius 1 is 1.12 bits per heavy atom. The Morgan fingerprint density at radius 3 is 2.64 bits per heavy atom. The summed E-state index contributed by atoms with van der Waals surface area (Å²) < 4.78 is 5.22. The van der Waals surface area contributed by atoms with E-state index < -0.39 is 0 Å². The Labute approximate surface area is 146 Å². The number of ether oxygens (including phenoxy) is 1. The van der Waals surface area contributed by atoms with Gasteiger partial charge in [0.15, 0.2) is 0 Å². The third-order valence-electron chi connectivity index (χ3n) is 4.08. The van der Waals surface area contributed by atoms with Crippen LogP contribution in [0.2, 0.25) is 0 Å². The van der Waals surface area contributed by atoms with Crippen molar-refractivity contribution in [3.8, 4) is 5.75 Å². The van der Waals surface area contributed by atoms with Crippen LogP contribution in [0.1, 0.15) is 0 Å². The summed E-state index contributed by atoms with van der Waals surface area (Å²) in [4.78, 5) is 25.1. The minimum absolute atomic E-state index is 0.382. The van der Waals surface area contributed by atoms with Crippen molar-refractivity contribution < 1.29 is 9.53 Å². The number of piperazine rings is 1. The predicted molar refractivity (Wildman–Crippen MR) is 97.4 cm³/mol. The van der Waals surface area contributed by atoms with E-state index in [2.05, 4.69) is 37.4 Å². The van der Waals surface area contributed by atoms with Crippen molar-refractivity contribution >= 4 is 23.4 Å². The summed E-state index contributed by atoms with van der Waals surface area (Å²) in [7, 11) is 3.66. The van der Waals surface area contributed by atoms with Gasteiger partial charge in [-0.25, -0.2) is 14.8 Å². The average Bonchev–Trinajstić information content (AvgIpc) is 2.63. The largest absolute Gasteiger partial charge is 0.495 e. The molecule has 0 atom stereocenters. The molecule has 132 valence electrons. The summed E-state index contributed by atoms with van der Waals surface area (Å²) in [6, 6.07) is 8.63. The van der Waals surface area contributed by atoms with Crippen LogP contribution in [0.4, 0.5) is 22.1 Å². The van der Waals surface area contributed by atoms with E-state index in [1.807, 2.05) is 12.1 Å². The van der Waals surface area contributed by atoms with Gasteiger partial charge in [0.05, 0.1) is 12.8 Å². The van der Waals surface area contributed by atoms with Gasteiger partial charge in [-0.1, -0.05) is 12.1 Å². The number of carbonyl (C=O) groups is 1. The number of nitrogens with one attached hydrogen (secondary N) is 2. The molecule has 1 fully saturated rings. The van der Waals surface area contributed by atoms with E-state index in [9.17, 15) is 4.79 Å². The number of hydrogen-bond donors (Lipinski definition) is 2. The molecule has 1 aromatic heterocycles. The molecule has 1 aliphatic rings. The zero-order chi connectivity index (χ0) is 17.6. The van der Waals surface area contributed by atoms with Gasteiger partial charge in [-0.2, -0.15) is 0 Å². The molecular formula is C17H22N6O2. The smallest absolute Gasteiger partial charge is 0.324 e. The van der Waals surface area contributed by atoms with Gasteiger partial charge in [-0.3, -0.25) is 5.32 Å². The van der Waals surface area contributed by atoms with Crippen molar-refractivity contribution in [3.05, 3.63) is 36.7 Å². The number of carbonyl (C=O) groups excluding carboxylic acids is 1. The molecule has 0 saturated carbocycles. The maximum Gasteiger partial charge on any atom is 0.324 e. The minimum atomic E-state index is -0.382. The lowest BCUT2D eigenvalue weighted by molar-refractivity contribution is 0.262. The zero-order valence-electron chi connectivity index (χ0n) is 14.4. The fourth-order valence-corrected chi connectivity index (χ4v) is 2.64. The van der Waals surface area contributed by atoms with Crippen molar-refractivity contribution in [2.75, 3.05) is 55.9 Å². The number of urea groups is 1. The highest BCUT2D eigenvalue weighted by Gasteiger charge is 2.16. The first kappa shape index (κ1) is 17.0. The lowest BCUT2D eigenvalue weighted by atomic mass is 10.3. The molecule has 2 amide bonds. The van der Waals surface area contributed by atoms with Crippen LogP contribution in [-0.2, 0) is 0 Å². The molecule has 8 heteroatoms. The maximum absolute atomic E-state index is 12.2. The van der Waals surface area contributed by atoms with E-state index in [4.69, 9.17) is 4.74 Å². The van der Waals surface area contributed by atoms with Gasteiger partial charge >= 0.3 is 6.03 Å². The SMILES string of the molecule is COc1ccccc1NC(=O)Nc1cc(N2CCN(C)CC2)ncn1. The summed E-state index contributed by atoms with van der Waals surface area (Å²) in [5.41, 5.74) is 0.593. The second-order valence-electron chi connectivity index (χ2n) is 5.83. The molecule has 25 heavy (non-hydrogen) atoms. The molecular weight excluding hydrogens is 320 g/mol. The number of methoxy groups -OCH3 is 1. The summed E-state index contributed by atoms with van der Waals surface area (Å²) in [5.74, 6) is 1.87. The number of benzene rings is 1. The molecule has 0 radical (unpaired) electrons. The first-order valence-electron chi connectivity index (χ1n) is 8.12. The number of hydrogen-bond acceptors (Lipinski definition) is 6. The van der Waals surface area contributed by atoms with Crippen LogP contribution >= 0.6 is 0 Å². The Kier molecular flexibility index (Phi) is 5.30. The van der Waals surface area contributed by atoms with E-state index in [0.29, 0.717) is 17.3 Å². The van der Waals surface area contributed by atoms with Gasteiger partial charge in [-0.05, 0) is 19.2 Å². The number of para-hydroxylation sites is 2. The van der Waals surface area contributed by atoms with Crippen LogP contribution in [0.5, 0.6) is 5.75 Å². The molecule has 2 heterocycles. The summed E-state index contributed by atoms with van der Waals surface area (Å²) >= 11 is 0. The summed E-state index contributed by atoms with van der Waals surface area (Å²) in [6.45, 7) is 3.78. The lowest BCUT2D eigenvalue weighted by Crippen LogP contribution is -2.44. The van der Waals surface area contributed by atoms with Crippen LogP contribution in [0, 0.1) is 0 Å². The van der Waals surface area contributed by atoms with Crippen molar-refractivity contribution in [2.45, 2.75) is 0 Å². The van der Waals surface area contributed by atoms with Crippen molar-refractivity contribution in [1.29, 1.82) is 0 Å². The monoisotopic (exact) mass is 342 g/mol. The van der Waals surface area contributed by atoms with Gasteiger partial charge in [0.1, 0.15) is 23.7 Å². The molecule has 1 aromatic carbocycles. The molecule has 2 N–H and O–H groups in total. The summed E-state index contributed by atoms with van der Waals surface area (Å²) in [5, 5.41) is 5.50. The number of anilines is 3. The second kappa shape index (κ2) is 7.80. The topological polar surface area (TPSA) is 82.6 Å². The standard InChI is InChI=1S/C17H22N6O2/c1-22-7-9-23(10-8-22)16-11-15(18-12-19-16)21-17(24)20-13-5-3-4-6-14(13)25-2/h3-6,11-12H,7-10H2,1-2H3,(H2,18,19,20,21,24). The molecule has 2 aromatic rings. The molecule has 0 bridgehead atoms. The van der Waals surface area contributed by atoms with Gasteiger partial charge in [0.25, 0.3) is 0 Å². The van der Waals surface area contributed by atoms with Crippen LogP contribution in [0.15, 0.2) is 36.7 Å². The molecule has 8 nitrogen and oxygen atoms in total. The van der Waals surface area contributed by atoms with E-state index in [0.717, 1.165) is 32.0 Å². The Morgan fingerprint density at radius 2 is 1.88 bits per heavy atom. The molecule has 1 aliphatic heterocycles. The molecule has 3 rings (SSSR count). The highest BCUT2D eigenvalue weighted by Crippen LogP contribution is 2.23. The van der Waals surface area contributed by atoms with Crippen molar-refractivity contribution in [3.63, 3.8) is 0 Å². The van der Waals surface area contributed by atoms with Gasteiger partial charge in [0.2, 0.25) is 0 Å². The quantitative estimate of drug-likeness (QED) is 0.883. The van der Waals surface area contributed by atoms with Crippen LogP contribution in [0.3, 0.4) is 0 Å². The van der Waals surface area contributed by atoms with E-state index in [1.54, 1.807) is 25.3 Å². The Bertz CT molecular complexity index is 731. The molecule has 1 saturated heterocycles. The fraction of sp³-hybridized carbons (Fsp3) is 0.353. The average molecular weight is 342 g/mol. The summed E-state index contributed by atoms with van der Waals surface area (Å²) in [6.07, 6.45) is 1.46. The van der Waals surface area contributed by atoms with E-state index in [1.165, 1.54) is 6.33 Å². The van der Waals surface area contributed by atoms with E-state index in [-0.39, 0.29) is 6.03 Å². The predicted octanol–water partition coefficient (Wildman–Crippen LogP) is 1.88. The number of likely N-dealkylation sites (N-methyl/N-ethyl adjacent to an activating group) is 1. The highest BCUT2D eigenvalue weighted by atomic mass is 16.5. The van der Waals surface area contributed by atoms with Crippen LogP contribution in [-0.4, -0.2) is 61.2 Å². The number of rotatable bonds is 4. The first-order valence-corrected chi connectivity index (χ1v) is 8.12. The Balaban J connectivity index is 1.64. The van der Waals surface area contributed by atoms with Gasteiger partial charge in [0, 0.05) is 32.2 Å². The maximum atomic E-state index is 12.2. The number of nitrogens with zero attached hydrogens (tertiary/aromatic N) is 4. The molecule has 0 spiro atoms. The Hall–Kier alpha value is -2.87. The number of aromatic nitrogens is 2. The highest BCUT2D eigenvalue weighted by molar-refractivity contribution is 6.00. The van der Waals surface area contributed by atoms with Gasteiger partial charge < -0.3 is 19.9 Å². The molecule has 0 unspecified atom stereocenters. The minimum Gasteiger partial charge on any atom is -0.495 e. The number of amides is 2. The molecule has 0 aliphatic carbocycles. The van der Waals surface area contributed by atoms with Crippen LogP contribution < -0.4 is 20.3 Å². The van der Waals surface area contributed by atoms with Crippen molar-refractivity contribution in [1.82, 2.24) is 14.9 Å².